The number of aryl methyl sites for hydroxylation is 1. The first-order valence-corrected chi connectivity index (χ1v) is 14.2. The summed E-state index contributed by atoms with van der Waals surface area (Å²) in [5.74, 6) is 0.179. The van der Waals surface area contributed by atoms with Crippen molar-refractivity contribution in [2.45, 2.75) is 65.5 Å². The smallest absolute Gasteiger partial charge is 0.276 e. The number of nitrogens with one attached hydrogen (secondary N) is 1. The van der Waals surface area contributed by atoms with Crippen molar-refractivity contribution in [3.63, 3.8) is 0 Å². The molecule has 2 amide bonds. The first kappa shape index (κ1) is 25.3. The van der Waals surface area contributed by atoms with E-state index in [1.54, 1.807) is 36.5 Å². The lowest BCUT2D eigenvalue weighted by Gasteiger charge is -2.31. The number of rotatable bonds is 5. The number of anilines is 2. The molecule has 3 aromatic heterocycles. The van der Waals surface area contributed by atoms with Gasteiger partial charge in [0, 0.05) is 55.3 Å². The van der Waals surface area contributed by atoms with Gasteiger partial charge in [-0.05, 0) is 72.3 Å². The molecular weight excluding hydrogens is 506 g/mol. The molecule has 0 radical (unpaired) electrons. The Morgan fingerprint density at radius 3 is 2.67 bits per heavy atom. The topological polar surface area (TPSA) is 109 Å². The molecule has 2 saturated carbocycles. The number of nitrogens with zero attached hydrogens (tertiary/aromatic N) is 4. The van der Waals surface area contributed by atoms with Gasteiger partial charge in [0.15, 0.2) is 0 Å². The highest BCUT2D eigenvalue weighted by Gasteiger charge is 2.60. The van der Waals surface area contributed by atoms with Gasteiger partial charge in [-0.25, -0.2) is 4.98 Å². The van der Waals surface area contributed by atoms with E-state index in [0.717, 1.165) is 32.1 Å². The van der Waals surface area contributed by atoms with E-state index >= 15 is 0 Å². The SMILES string of the molecule is Cn1cc(-c2ccnc(N3CCn4c(cc5c4CC(C)(C)C5)C3=O)c2CO)cc(NC(=O)[C@H]2CC23CCC3)c1=O. The number of hydrogen-bond acceptors (Lipinski definition) is 5. The molecule has 1 spiro atoms. The van der Waals surface area contributed by atoms with Crippen molar-refractivity contribution in [2.75, 3.05) is 16.8 Å². The molecule has 1 atom stereocenters. The summed E-state index contributed by atoms with van der Waals surface area (Å²) in [6.07, 6.45) is 9.47. The molecule has 7 rings (SSSR count). The van der Waals surface area contributed by atoms with Gasteiger partial charge >= 0.3 is 0 Å². The molecule has 0 aromatic carbocycles. The minimum Gasteiger partial charge on any atom is -0.392 e. The number of amides is 2. The number of pyridine rings is 2. The highest BCUT2D eigenvalue weighted by molar-refractivity contribution is 6.06. The molecule has 4 heterocycles. The van der Waals surface area contributed by atoms with Crippen LogP contribution in [0.25, 0.3) is 11.1 Å². The van der Waals surface area contributed by atoms with E-state index in [1.165, 1.54) is 22.2 Å². The first-order chi connectivity index (χ1) is 19.1. The molecular formula is C31H35N5O4. The number of carbonyl (C=O) groups is 2. The zero-order valence-corrected chi connectivity index (χ0v) is 23.3. The number of carbonyl (C=O) groups excluding carboxylic acids is 2. The number of aromatic nitrogens is 3. The van der Waals surface area contributed by atoms with Gasteiger partial charge in [0.2, 0.25) is 5.91 Å². The normalized spacial score (nSPS) is 21.6. The van der Waals surface area contributed by atoms with Crippen LogP contribution in [0.3, 0.4) is 0 Å². The molecule has 0 saturated heterocycles. The summed E-state index contributed by atoms with van der Waals surface area (Å²) in [7, 11) is 1.65. The molecule has 1 aliphatic heterocycles. The fourth-order valence-corrected chi connectivity index (χ4v) is 7.32. The molecule has 0 bridgehead atoms. The van der Waals surface area contributed by atoms with Gasteiger partial charge in [-0.3, -0.25) is 19.3 Å². The van der Waals surface area contributed by atoms with Gasteiger partial charge in [0.25, 0.3) is 11.5 Å². The van der Waals surface area contributed by atoms with Gasteiger partial charge < -0.3 is 19.6 Å². The second kappa shape index (κ2) is 8.64. The number of aliphatic hydroxyl groups excluding tert-OH is 1. The summed E-state index contributed by atoms with van der Waals surface area (Å²) in [4.78, 5) is 45.8. The van der Waals surface area contributed by atoms with Crippen molar-refractivity contribution in [1.82, 2.24) is 14.1 Å². The summed E-state index contributed by atoms with van der Waals surface area (Å²) < 4.78 is 3.60. The predicted molar refractivity (Wildman–Crippen MR) is 151 cm³/mol. The zero-order chi connectivity index (χ0) is 28.0. The van der Waals surface area contributed by atoms with Crippen LogP contribution in [-0.2, 0) is 37.8 Å². The van der Waals surface area contributed by atoms with E-state index in [9.17, 15) is 19.5 Å². The minimum absolute atomic E-state index is 0.0216. The van der Waals surface area contributed by atoms with E-state index in [4.69, 9.17) is 0 Å². The highest BCUT2D eigenvalue weighted by atomic mass is 16.3. The van der Waals surface area contributed by atoms with Gasteiger partial charge in [-0.15, -0.1) is 0 Å². The van der Waals surface area contributed by atoms with Crippen LogP contribution in [0.5, 0.6) is 0 Å². The van der Waals surface area contributed by atoms with E-state index in [-0.39, 0.29) is 46.4 Å². The lowest BCUT2D eigenvalue weighted by Crippen LogP contribution is -2.41. The average molecular weight is 542 g/mol. The van der Waals surface area contributed by atoms with Crippen LogP contribution in [0.1, 0.15) is 66.8 Å². The summed E-state index contributed by atoms with van der Waals surface area (Å²) in [5, 5.41) is 13.4. The van der Waals surface area contributed by atoms with Gasteiger partial charge in [0.1, 0.15) is 17.2 Å². The Hall–Kier alpha value is -3.72. The van der Waals surface area contributed by atoms with E-state index < -0.39 is 0 Å². The molecule has 208 valence electrons. The maximum Gasteiger partial charge on any atom is 0.276 e. The maximum absolute atomic E-state index is 13.7. The second-order valence-corrected chi connectivity index (χ2v) is 13.0. The van der Waals surface area contributed by atoms with Crippen molar-refractivity contribution >= 4 is 23.3 Å². The van der Waals surface area contributed by atoms with Crippen LogP contribution in [0.2, 0.25) is 0 Å². The molecule has 4 aliphatic rings. The van der Waals surface area contributed by atoms with Crippen molar-refractivity contribution in [3.8, 4) is 11.1 Å². The van der Waals surface area contributed by atoms with Gasteiger partial charge in [-0.2, -0.15) is 0 Å². The summed E-state index contributed by atoms with van der Waals surface area (Å²) >= 11 is 0. The zero-order valence-electron chi connectivity index (χ0n) is 23.3. The highest BCUT2D eigenvalue weighted by Crippen LogP contribution is 2.65. The molecule has 9 nitrogen and oxygen atoms in total. The van der Waals surface area contributed by atoms with Crippen LogP contribution in [0, 0.1) is 16.7 Å². The van der Waals surface area contributed by atoms with Crippen molar-refractivity contribution in [3.05, 3.63) is 63.5 Å². The second-order valence-electron chi connectivity index (χ2n) is 13.0. The average Bonchev–Trinajstić information content (AvgIpc) is 3.50. The predicted octanol–water partition coefficient (Wildman–Crippen LogP) is 3.66. The summed E-state index contributed by atoms with van der Waals surface area (Å²) in [5.41, 5.74) is 5.30. The van der Waals surface area contributed by atoms with Crippen molar-refractivity contribution < 1.29 is 14.7 Å². The Morgan fingerprint density at radius 2 is 1.98 bits per heavy atom. The Labute approximate surface area is 232 Å². The molecule has 40 heavy (non-hydrogen) atoms. The van der Waals surface area contributed by atoms with Crippen molar-refractivity contribution in [2.24, 2.45) is 23.8 Å². The lowest BCUT2D eigenvalue weighted by molar-refractivity contribution is -0.118. The Kier molecular flexibility index (Phi) is 5.45. The molecule has 9 heteroatoms. The number of aliphatic hydroxyl groups is 1. The monoisotopic (exact) mass is 541 g/mol. The van der Waals surface area contributed by atoms with E-state index in [0.29, 0.717) is 41.3 Å². The van der Waals surface area contributed by atoms with E-state index in [2.05, 4.69) is 28.7 Å². The van der Waals surface area contributed by atoms with Crippen molar-refractivity contribution in [1.29, 1.82) is 0 Å². The molecule has 0 unspecified atom stereocenters. The molecule has 3 aromatic rings. The Bertz CT molecular complexity index is 1640. The molecule has 2 N–H and O–H groups in total. The summed E-state index contributed by atoms with van der Waals surface area (Å²) in [6.45, 7) is 5.30. The minimum atomic E-state index is -0.330. The fraction of sp³-hybridized carbons (Fsp3) is 0.484. The van der Waals surface area contributed by atoms with Crippen LogP contribution < -0.4 is 15.8 Å². The lowest BCUT2D eigenvalue weighted by atomic mass is 9.79. The third-order valence-corrected chi connectivity index (χ3v) is 9.68. The van der Waals surface area contributed by atoms with Crippen LogP contribution >= 0.6 is 0 Å². The number of fused-ring (bicyclic) bond motifs is 3. The number of hydrogen-bond donors (Lipinski definition) is 2. The first-order valence-electron chi connectivity index (χ1n) is 14.2. The fourth-order valence-electron chi connectivity index (χ4n) is 7.32. The van der Waals surface area contributed by atoms with Gasteiger partial charge in [-0.1, -0.05) is 20.3 Å². The summed E-state index contributed by atoms with van der Waals surface area (Å²) in [6, 6.07) is 5.47. The molecule has 3 aliphatic carbocycles. The van der Waals surface area contributed by atoms with Gasteiger partial charge in [0.05, 0.1) is 6.61 Å². The molecule has 2 fully saturated rings. The Balaban J connectivity index is 1.21. The van der Waals surface area contributed by atoms with Crippen LogP contribution in [0.4, 0.5) is 11.5 Å². The standard InChI is InChI=1S/C31H35N5O4/c1-30(2)13-18-12-24-29(40)36(10-9-35(24)25(18)15-30)26-21(17-37)20(5-8-32-26)19-11-23(28(39)34(3)16-19)33-27(38)22-14-31(22)6-4-7-31/h5,8,11-12,16,22,37H,4,6-7,9-10,13-15,17H2,1-3H3,(H,33,38)/t22-/m1/s1. The third-order valence-electron chi connectivity index (χ3n) is 9.68. The largest absolute Gasteiger partial charge is 0.392 e. The quantitative estimate of drug-likeness (QED) is 0.513. The third kappa shape index (κ3) is 3.78. The van der Waals surface area contributed by atoms with Crippen LogP contribution in [0.15, 0.2) is 35.4 Å². The van der Waals surface area contributed by atoms with Crippen LogP contribution in [-0.4, -0.2) is 37.6 Å². The maximum atomic E-state index is 13.7. The Morgan fingerprint density at radius 1 is 1.18 bits per heavy atom. The van der Waals surface area contributed by atoms with E-state index in [1.807, 2.05) is 6.07 Å².